The zero-order valence-electron chi connectivity index (χ0n) is 11.5. The SMILES string of the molecule is CCC(CC)CC(=O)c1ccc2c(c1)CNCC2. The van der Waals surface area contributed by atoms with Crippen molar-refractivity contribution in [2.45, 2.75) is 46.1 Å². The van der Waals surface area contributed by atoms with E-state index < -0.39 is 0 Å². The van der Waals surface area contributed by atoms with Gasteiger partial charge in [0.2, 0.25) is 0 Å². The number of Topliss-reactive ketones (excluding diaryl/α,β-unsaturated/α-hetero) is 1. The minimum Gasteiger partial charge on any atom is -0.312 e. The predicted molar refractivity (Wildman–Crippen MR) is 74.9 cm³/mol. The summed E-state index contributed by atoms with van der Waals surface area (Å²) in [4.78, 5) is 12.2. The fraction of sp³-hybridized carbons (Fsp3) is 0.562. The van der Waals surface area contributed by atoms with Crippen molar-refractivity contribution in [1.29, 1.82) is 0 Å². The molecule has 0 aromatic heterocycles. The molecule has 1 heterocycles. The molecule has 0 unspecified atom stereocenters. The fourth-order valence-corrected chi connectivity index (χ4v) is 2.61. The Labute approximate surface area is 110 Å². The first kappa shape index (κ1) is 13.3. The molecule has 0 radical (unpaired) electrons. The molecule has 0 bridgehead atoms. The monoisotopic (exact) mass is 245 g/mol. The van der Waals surface area contributed by atoms with E-state index in [-0.39, 0.29) is 0 Å². The van der Waals surface area contributed by atoms with Crippen LogP contribution in [-0.4, -0.2) is 12.3 Å². The lowest BCUT2D eigenvalue weighted by molar-refractivity contribution is 0.0958. The van der Waals surface area contributed by atoms with Gasteiger partial charge in [0.15, 0.2) is 5.78 Å². The highest BCUT2D eigenvalue weighted by Crippen LogP contribution is 2.20. The van der Waals surface area contributed by atoms with Gasteiger partial charge < -0.3 is 5.32 Å². The van der Waals surface area contributed by atoms with Gasteiger partial charge in [0.05, 0.1) is 0 Å². The summed E-state index contributed by atoms with van der Waals surface area (Å²) < 4.78 is 0. The molecule has 1 aliphatic heterocycles. The number of carbonyl (C=O) groups is 1. The number of hydrogen-bond acceptors (Lipinski definition) is 2. The minimum absolute atomic E-state index is 0.303. The predicted octanol–water partition coefficient (Wildman–Crippen LogP) is 3.34. The van der Waals surface area contributed by atoms with E-state index >= 15 is 0 Å². The molecule has 2 nitrogen and oxygen atoms in total. The molecular weight excluding hydrogens is 222 g/mol. The summed E-state index contributed by atoms with van der Waals surface area (Å²) in [6.07, 6.45) is 3.96. The van der Waals surface area contributed by atoms with Crippen molar-refractivity contribution in [1.82, 2.24) is 5.32 Å². The number of benzene rings is 1. The lowest BCUT2D eigenvalue weighted by Gasteiger charge is -2.18. The van der Waals surface area contributed by atoms with Crippen molar-refractivity contribution in [3.63, 3.8) is 0 Å². The molecule has 18 heavy (non-hydrogen) atoms. The molecule has 0 fully saturated rings. The maximum absolute atomic E-state index is 12.2. The van der Waals surface area contributed by atoms with Gasteiger partial charge in [0, 0.05) is 18.5 Å². The third kappa shape index (κ3) is 2.99. The third-order valence-corrected chi connectivity index (χ3v) is 4.04. The number of nitrogens with one attached hydrogen (secondary N) is 1. The van der Waals surface area contributed by atoms with Crippen molar-refractivity contribution >= 4 is 5.78 Å². The van der Waals surface area contributed by atoms with E-state index in [4.69, 9.17) is 0 Å². The second-order valence-corrected chi connectivity index (χ2v) is 5.22. The smallest absolute Gasteiger partial charge is 0.163 e. The first-order chi connectivity index (χ1) is 8.74. The van der Waals surface area contributed by atoms with Gasteiger partial charge in [-0.3, -0.25) is 4.79 Å². The van der Waals surface area contributed by atoms with Gasteiger partial charge in [-0.15, -0.1) is 0 Å². The summed E-state index contributed by atoms with van der Waals surface area (Å²) in [5, 5.41) is 3.36. The normalized spacial score (nSPS) is 14.6. The molecule has 0 saturated heterocycles. The van der Waals surface area contributed by atoms with Crippen LogP contribution in [0.15, 0.2) is 18.2 Å². The maximum atomic E-state index is 12.2. The summed E-state index contributed by atoms with van der Waals surface area (Å²) in [7, 11) is 0. The lowest BCUT2D eigenvalue weighted by atomic mass is 9.91. The van der Waals surface area contributed by atoms with Crippen LogP contribution in [0.25, 0.3) is 0 Å². The van der Waals surface area contributed by atoms with Crippen LogP contribution in [0.3, 0.4) is 0 Å². The molecule has 2 heteroatoms. The molecule has 2 rings (SSSR count). The zero-order valence-corrected chi connectivity index (χ0v) is 11.5. The molecule has 0 atom stereocenters. The van der Waals surface area contributed by atoms with Gasteiger partial charge in [-0.1, -0.05) is 38.8 Å². The molecule has 0 spiro atoms. The Morgan fingerprint density at radius 1 is 1.28 bits per heavy atom. The van der Waals surface area contributed by atoms with Crippen LogP contribution in [0.4, 0.5) is 0 Å². The molecule has 1 N–H and O–H groups in total. The van der Waals surface area contributed by atoms with Gasteiger partial charge in [0.25, 0.3) is 0 Å². The van der Waals surface area contributed by atoms with E-state index in [1.54, 1.807) is 0 Å². The van der Waals surface area contributed by atoms with Crippen LogP contribution in [-0.2, 0) is 13.0 Å². The lowest BCUT2D eigenvalue weighted by Crippen LogP contribution is -2.24. The van der Waals surface area contributed by atoms with Crippen LogP contribution in [0.1, 0.15) is 54.6 Å². The Hall–Kier alpha value is -1.15. The molecule has 0 aliphatic carbocycles. The molecule has 0 saturated carbocycles. The average molecular weight is 245 g/mol. The van der Waals surface area contributed by atoms with Gasteiger partial charge in [-0.2, -0.15) is 0 Å². The number of ketones is 1. The average Bonchev–Trinajstić information content (AvgIpc) is 2.44. The summed E-state index contributed by atoms with van der Waals surface area (Å²) in [5.74, 6) is 0.837. The van der Waals surface area contributed by atoms with Crippen molar-refractivity contribution in [3.05, 3.63) is 34.9 Å². The third-order valence-electron chi connectivity index (χ3n) is 4.04. The number of rotatable bonds is 5. The van der Waals surface area contributed by atoms with Crippen molar-refractivity contribution in [3.8, 4) is 0 Å². The second kappa shape index (κ2) is 6.14. The standard InChI is InChI=1S/C16H23NO/c1-3-12(4-2)9-16(18)14-6-5-13-7-8-17-11-15(13)10-14/h5-6,10,12,17H,3-4,7-9,11H2,1-2H3. The summed E-state index contributed by atoms with van der Waals surface area (Å²) in [6, 6.07) is 6.23. The van der Waals surface area contributed by atoms with Crippen LogP contribution in [0, 0.1) is 5.92 Å². The highest BCUT2D eigenvalue weighted by molar-refractivity contribution is 5.96. The fourth-order valence-electron chi connectivity index (χ4n) is 2.61. The van der Waals surface area contributed by atoms with E-state index in [1.807, 2.05) is 6.07 Å². The van der Waals surface area contributed by atoms with E-state index in [0.29, 0.717) is 18.1 Å². The van der Waals surface area contributed by atoms with Crippen molar-refractivity contribution < 1.29 is 4.79 Å². The minimum atomic E-state index is 0.303. The van der Waals surface area contributed by atoms with Gasteiger partial charge in [-0.25, -0.2) is 0 Å². The van der Waals surface area contributed by atoms with Gasteiger partial charge in [-0.05, 0) is 36.1 Å². The molecule has 98 valence electrons. The Morgan fingerprint density at radius 3 is 2.78 bits per heavy atom. The Bertz CT molecular complexity index is 421. The Balaban J connectivity index is 2.11. The topological polar surface area (TPSA) is 29.1 Å². The van der Waals surface area contributed by atoms with Crippen LogP contribution < -0.4 is 5.32 Å². The van der Waals surface area contributed by atoms with Crippen LogP contribution in [0.5, 0.6) is 0 Å². The summed E-state index contributed by atoms with van der Waals surface area (Å²) >= 11 is 0. The van der Waals surface area contributed by atoms with E-state index in [0.717, 1.165) is 37.9 Å². The Kier molecular flexibility index (Phi) is 4.54. The molecule has 1 aliphatic rings. The van der Waals surface area contributed by atoms with Crippen molar-refractivity contribution in [2.75, 3.05) is 6.54 Å². The highest BCUT2D eigenvalue weighted by atomic mass is 16.1. The molecule has 1 aromatic rings. The quantitative estimate of drug-likeness (QED) is 0.806. The van der Waals surface area contributed by atoms with E-state index in [2.05, 4.69) is 31.3 Å². The number of hydrogen-bond donors (Lipinski definition) is 1. The molecule has 1 aromatic carbocycles. The summed E-state index contributed by atoms with van der Waals surface area (Å²) in [6.45, 7) is 6.28. The number of carbonyl (C=O) groups excluding carboxylic acids is 1. The highest BCUT2D eigenvalue weighted by Gasteiger charge is 2.15. The largest absolute Gasteiger partial charge is 0.312 e. The Morgan fingerprint density at radius 2 is 2.06 bits per heavy atom. The van der Waals surface area contributed by atoms with Gasteiger partial charge in [0.1, 0.15) is 0 Å². The van der Waals surface area contributed by atoms with Crippen molar-refractivity contribution in [2.24, 2.45) is 5.92 Å². The molecule has 0 amide bonds. The van der Waals surface area contributed by atoms with Crippen LogP contribution in [0.2, 0.25) is 0 Å². The first-order valence-corrected chi connectivity index (χ1v) is 7.10. The number of fused-ring (bicyclic) bond motifs is 1. The summed E-state index contributed by atoms with van der Waals surface area (Å²) in [5.41, 5.74) is 3.59. The van der Waals surface area contributed by atoms with E-state index in [1.165, 1.54) is 11.1 Å². The maximum Gasteiger partial charge on any atom is 0.163 e. The van der Waals surface area contributed by atoms with Gasteiger partial charge >= 0.3 is 0 Å². The zero-order chi connectivity index (χ0) is 13.0. The molecular formula is C16H23NO. The first-order valence-electron chi connectivity index (χ1n) is 7.10. The van der Waals surface area contributed by atoms with E-state index in [9.17, 15) is 4.79 Å². The second-order valence-electron chi connectivity index (χ2n) is 5.22. The van der Waals surface area contributed by atoms with Crippen LogP contribution >= 0.6 is 0 Å².